The predicted octanol–water partition coefficient (Wildman–Crippen LogP) is 4.97. The van der Waals surface area contributed by atoms with Gasteiger partial charge in [0.05, 0.1) is 87.3 Å². The van der Waals surface area contributed by atoms with Crippen LogP contribution < -0.4 is 26.2 Å². The van der Waals surface area contributed by atoms with E-state index in [-0.39, 0.29) is 74.2 Å². The second kappa shape index (κ2) is 28.6. The molecule has 1 unspecified atom stereocenters. The van der Waals surface area contributed by atoms with Crippen LogP contribution in [0.5, 0.6) is 5.75 Å². The van der Waals surface area contributed by atoms with E-state index >= 15 is 0 Å². The number of aliphatic hydroxyl groups excluding tert-OH is 1. The van der Waals surface area contributed by atoms with E-state index in [4.69, 9.17) is 32.8 Å². The number of aryl methyl sites for hydroxylation is 1. The third kappa shape index (κ3) is 16.8. The van der Waals surface area contributed by atoms with Gasteiger partial charge in [-0.3, -0.25) is 24.0 Å². The number of hydrogen-bond donors (Lipinski definition) is 4. The highest BCUT2D eigenvalue weighted by atomic mass is 32.1. The number of ether oxygens (including phenoxy) is 6. The van der Waals surface area contributed by atoms with Gasteiger partial charge < -0.3 is 58.8 Å². The van der Waals surface area contributed by atoms with Crippen LogP contribution in [0.1, 0.15) is 68.7 Å². The van der Waals surface area contributed by atoms with Crippen molar-refractivity contribution in [3.63, 3.8) is 0 Å². The zero-order valence-electron chi connectivity index (χ0n) is 44.9. The third-order valence-corrected chi connectivity index (χ3v) is 13.6. The van der Waals surface area contributed by atoms with Gasteiger partial charge in [0.1, 0.15) is 41.3 Å². The number of nitrogens with zero attached hydrogens (tertiary/aromatic N) is 6. The molecular weight excluding hydrogens is 1030 g/mol. The van der Waals surface area contributed by atoms with Crippen LogP contribution in [0.4, 0.5) is 5.69 Å². The quantitative estimate of drug-likeness (QED) is 0.0452. The van der Waals surface area contributed by atoms with Gasteiger partial charge in [-0.1, -0.05) is 52.0 Å². The molecule has 1 aliphatic heterocycles. The van der Waals surface area contributed by atoms with Gasteiger partial charge in [-0.2, -0.15) is 5.10 Å². The number of likely N-dealkylation sites (tertiary alicyclic amines) is 1. The average molecular weight is 1100 g/mol. The van der Waals surface area contributed by atoms with Gasteiger partial charge in [0.2, 0.25) is 23.6 Å². The number of aliphatic hydroxyl groups is 1. The van der Waals surface area contributed by atoms with Crippen molar-refractivity contribution >= 4 is 51.8 Å². The van der Waals surface area contributed by atoms with Gasteiger partial charge in [0.25, 0.3) is 11.5 Å². The molecule has 1 aliphatic rings. The maximum absolute atomic E-state index is 13.9. The summed E-state index contributed by atoms with van der Waals surface area (Å²) in [6.45, 7) is 10.9. The molecule has 5 heterocycles. The van der Waals surface area contributed by atoms with Crippen LogP contribution in [0.2, 0.25) is 0 Å². The Hall–Kier alpha value is -6.99. The number of benzene rings is 2. The number of aromatic nitrogens is 5. The maximum atomic E-state index is 13.9. The van der Waals surface area contributed by atoms with Gasteiger partial charge in [-0.25, -0.2) is 19.6 Å². The summed E-state index contributed by atoms with van der Waals surface area (Å²) in [5.41, 5.74) is 5.78. The van der Waals surface area contributed by atoms with E-state index in [9.17, 15) is 29.1 Å². The molecule has 6 aromatic rings. The van der Waals surface area contributed by atoms with Crippen LogP contribution in [0, 0.1) is 5.41 Å². The number of thiazole rings is 1. The number of β-amino-alcohol motifs (C(OH)–C–C–N with tert-alkyl or cyclic N) is 1. The number of nitrogens with one attached hydrogen (secondary N) is 3. The highest BCUT2D eigenvalue weighted by molar-refractivity contribution is 7.13. The van der Waals surface area contributed by atoms with Crippen molar-refractivity contribution in [2.45, 2.75) is 84.2 Å². The number of methoxy groups -OCH3 is 1. The standard InChI is InChI=1S/C55H69N9O13S/c1-7-39(75-26-24-73-22-23-74-25-27-76-40-13-14-41(56-32-40)51(68)59-37-12-16-46-43(28-37)60-53(77-46)42-15-17-48(67)63(5)62-42)30-44-49(78-34-58-44)36-10-8-35(9-11-36)31-57-52(69)45-29-38(65)33-64(45)54(70)50(55(2,3)4)61-47(66)18-19-72-21-20-71-6/h8-17,28,32,34,38-39,45,50,65H,7,18-27,29-31,33H2,1-6H3,(H,57,69)(H,59,68)(H,61,66)/t38-,39?,45+,50-/m0/s1. The van der Waals surface area contributed by atoms with Crippen molar-refractivity contribution in [1.82, 2.24) is 40.3 Å². The van der Waals surface area contributed by atoms with E-state index < -0.39 is 35.4 Å². The molecule has 4 amide bonds. The summed E-state index contributed by atoms with van der Waals surface area (Å²) in [6.07, 6.45) is 2.08. The molecule has 1 fully saturated rings. The molecule has 78 heavy (non-hydrogen) atoms. The Kier molecular flexibility index (Phi) is 21.5. The second-order valence-corrected chi connectivity index (χ2v) is 20.4. The van der Waals surface area contributed by atoms with Crippen LogP contribution in [-0.2, 0) is 58.1 Å². The van der Waals surface area contributed by atoms with E-state index in [2.05, 4.69) is 42.9 Å². The molecule has 2 aromatic carbocycles. The molecule has 22 nitrogen and oxygen atoms in total. The van der Waals surface area contributed by atoms with Gasteiger partial charge in [0, 0.05) is 58.3 Å². The minimum absolute atomic E-state index is 0.0143. The largest absolute Gasteiger partial charge is 0.490 e. The fourth-order valence-corrected chi connectivity index (χ4v) is 9.20. The molecule has 7 rings (SSSR count). The normalized spacial score (nSPS) is 15.3. The van der Waals surface area contributed by atoms with E-state index in [1.807, 2.05) is 50.5 Å². The molecular formula is C55H69N9O13S. The summed E-state index contributed by atoms with van der Waals surface area (Å²) in [5.74, 6) is -0.836. The monoisotopic (exact) mass is 1100 g/mol. The minimum Gasteiger partial charge on any atom is -0.490 e. The van der Waals surface area contributed by atoms with Crippen LogP contribution in [-0.4, -0.2) is 156 Å². The molecule has 1 saturated heterocycles. The molecule has 23 heteroatoms. The smallest absolute Gasteiger partial charge is 0.274 e. The minimum atomic E-state index is -0.919. The summed E-state index contributed by atoms with van der Waals surface area (Å²) in [5, 5.41) is 23.4. The Bertz CT molecular complexity index is 2980. The van der Waals surface area contributed by atoms with Crippen LogP contribution in [0.15, 0.2) is 87.6 Å². The fraction of sp³-hybridized carbons (Fsp3) is 0.473. The van der Waals surface area contributed by atoms with Crippen molar-refractivity contribution in [3.05, 3.63) is 106 Å². The van der Waals surface area contributed by atoms with Gasteiger partial charge in [0.15, 0.2) is 5.58 Å². The van der Waals surface area contributed by atoms with E-state index in [0.717, 1.165) is 28.1 Å². The number of pyridine rings is 1. The lowest BCUT2D eigenvalue weighted by Gasteiger charge is -2.35. The van der Waals surface area contributed by atoms with Crippen LogP contribution in [0.3, 0.4) is 0 Å². The maximum Gasteiger partial charge on any atom is 0.274 e. The number of anilines is 1. The Morgan fingerprint density at radius 3 is 2.36 bits per heavy atom. The summed E-state index contributed by atoms with van der Waals surface area (Å²) in [6, 6.07) is 17.3. The summed E-state index contributed by atoms with van der Waals surface area (Å²) in [4.78, 5) is 80.7. The van der Waals surface area contributed by atoms with E-state index in [0.29, 0.717) is 80.9 Å². The molecule has 0 radical (unpaired) electrons. The number of rotatable bonds is 29. The lowest BCUT2D eigenvalue weighted by molar-refractivity contribution is -0.144. The first-order valence-electron chi connectivity index (χ1n) is 25.9. The highest BCUT2D eigenvalue weighted by Gasteiger charge is 2.44. The third-order valence-electron chi connectivity index (χ3n) is 12.6. The van der Waals surface area contributed by atoms with Crippen LogP contribution in [0.25, 0.3) is 33.1 Å². The highest BCUT2D eigenvalue weighted by Crippen LogP contribution is 2.31. The fourth-order valence-electron chi connectivity index (χ4n) is 8.37. The SMILES string of the molecule is CCC(Cc1ncsc1-c1ccc(CNC(=O)[C@H]2C[C@H](O)CN2C(=O)[C@H](NC(=O)CCOCCOC)C(C)(C)C)cc1)OCCOCCOCCOc1ccc(C(=O)Nc2ccc3oc(-c4ccc(=O)n(C)n4)nc3c2)nc1. The number of carbonyl (C=O) groups excluding carboxylic acids is 4. The number of oxazole rings is 1. The van der Waals surface area contributed by atoms with E-state index in [1.54, 1.807) is 55.8 Å². The molecule has 4 aromatic heterocycles. The topological polar surface area (TPSA) is 270 Å². The Morgan fingerprint density at radius 1 is 0.897 bits per heavy atom. The van der Waals surface area contributed by atoms with Crippen LogP contribution >= 0.6 is 11.3 Å². The molecule has 0 spiro atoms. The van der Waals surface area contributed by atoms with Crippen molar-refractivity contribution in [2.75, 3.05) is 78.4 Å². The molecule has 0 bridgehead atoms. The number of amides is 4. The summed E-state index contributed by atoms with van der Waals surface area (Å²) >= 11 is 1.55. The van der Waals surface area contributed by atoms with Gasteiger partial charge in [-0.05, 0) is 59.4 Å². The van der Waals surface area contributed by atoms with Gasteiger partial charge >= 0.3 is 0 Å². The number of carbonyl (C=O) groups is 4. The summed E-state index contributed by atoms with van der Waals surface area (Å²) < 4.78 is 40.7. The zero-order valence-corrected chi connectivity index (χ0v) is 45.7. The first kappa shape index (κ1) is 58.7. The predicted molar refractivity (Wildman–Crippen MR) is 290 cm³/mol. The molecule has 4 atom stereocenters. The first-order chi connectivity index (χ1) is 37.6. The second-order valence-electron chi connectivity index (χ2n) is 19.6. The number of fused-ring (bicyclic) bond motifs is 1. The first-order valence-corrected chi connectivity index (χ1v) is 26.7. The molecule has 0 aliphatic carbocycles. The molecule has 418 valence electrons. The van der Waals surface area contributed by atoms with E-state index in [1.165, 1.54) is 27.9 Å². The zero-order chi connectivity index (χ0) is 55.6. The average Bonchev–Trinajstić information content (AvgIpc) is 4.21. The van der Waals surface area contributed by atoms with Crippen molar-refractivity contribution < 1.29 is 57.1 Å². The molecule has 4 N–H and O–H groups in total. The Morgan fingerprint density at radius 2 is 1.64 bits per heavy atom. The lowest BCUT2D eigenvalue weighted by Crippen LogP contribution is -2.57. The number of hydrogen-bond acceptors (Lipinski definition) is 18. The summed E-state index contributed by atoms with van der Waals surface area (Å²) in [7, 11) is 3.11. The Labute approximate surface area is 456 Å². The Balaban J connectivity index is 0.764. The van der Waals surface area contributed by atoms with Crippen molar-refractivity contribution in [2.24, 2.45) is 12.5 Å². The molecule has 0 saturated carbocycles. The lowest BCUT2D eigenvalue weighted by atomic mass is 9.85. The van der Waals surface area contributed by atoms with Gasteiger partial charge in [-0.15, -0.1) is 11.3 Å². The van der Waals surface area contributed by atoms with Crippen molar-refractivity contribution in [1.29, 1.82) is 0 Å². The van der Waals surface area contributed by atoms with Crippen molar-refractivity contribution in [3.8, 4) is 27.8 Å².